The van der Waals surface area contributed by atoms with Crippen molar-refractivity contribution in [2.24, 2.45) is 11.3 Å². The number of carbonyl (C=O) groups excluding carboxylic acids is 2. The maximum atomic E-state index is 11.8. The van der Waals surface area contributed by atoms with Crippen LogP contribution in [0.15, 0.2) is 0 Å². The lowest BCUT2D eigenvalue weighted by Crippen LogP contribution is -2.42. The van der Waals surface area contributed by atoms with Crippen LogP contribution in [0.4, 0.5) is 0 Å². The van der Waals surface area contributed by atoms with Crippen LogP contribution in [0, 0.1) is 11.3 Å². The summed E-state index contributed by atoms with van der Waals surface area (Å²) in [5, 5.41) is 0. The summed E-state index contributed by atoms with van der Waals surface area (Å²) in [5.41, 5.74) is -1.86. The Kier molecular flexibility index (Phi) is 5.84. The highest BCUT2D eigenvalue weighted by atomic mass is 16.6. The second-order valence-corrected chi connectivity index (χ2v) is 6.47. The van der Waals surface area contributed by atoms with E-state index in [1.54, 1.807) is 34.6 Å². The molecule has 18 heavy (non-hydrogen) atoms. The van der Waals surface area contributed by atoms with Crippen LogP contribution in [-0.2, 0) is 19.1 Å². The van der Waals surface area contributed by atoms with Gasteiger partial charge in [0.1, 0.15) is 0 Å². The molecule has 0 aliphatic carbocycles. The molecular formula is C14H26O4. The Morgan fingerprint density at radius 1 is 1.00 bits per heavy atom. The number of carbonyl (C=O) groups is 2. The van der Waals surface area contributed by atoms with Crippen LogP contribution in [0.3, 0.4) is 0 Å². The van der Waals surface area contributed by atoms with Gasteiger partial charge in [0.05, 0.1) is 12.0 Å². The van der Waals surface area contributed by atoms with Crippen molar-refractivity contribution in [3.05, 3.63) is 0 Å². The number of ether oxygens (including phenoxy) is 2. The van der Waals surface area contributed by atoms with Gasteiger partial charge in [0.15, 0.2) is 0 Å². The molecule has 0 aromatic carbocycles. The second-order valence-electron chi connectivity index (χ2n) is 6.47. The predicted octanol–water partition coefficient (Wildman–Crippen LogP) is 2.94. The molecule has 0 unspecified atom stereocenters. The SMILES string of the molecule is CC(C)CCOC(=O)C(C)(C)OC(=O)C(C)(C)C. The Hall–Kier alpha value is -1.06. The number of rotatable bonds is 5. The molecule has 0 heterocycles. The third kappa shape index (κ3) is 6.03. The van der Waals surface area contributed by atoms with E-state index in [4.69, 9.17) is 9.47 Å². The molecular weight excluding hydrogens is 232 g/mol. The third-order valence-electron chi connectivity index (χ3n) is 2.38. The van der Waals surface area contributed by atoms with Gasteiger partial charge in [-0.05, 0) is 47.0 Å². The van der Waals surface area contributed by atoms with Crippen molar-refractivity contribution >= 4 is 11.9 Å². The van der Waals surface area contributed by atoms with Gasteiger partial charge in [-0.15, -0.1) is 0 Å². The van der Waals surface area contributed by atoms with Crippen molar-refractivity contribution in [2.45, 2.75) is 60.5 Å². The average Bonchev–Trinajstić information content (AvgIpc) is 2.14. The van der Waals surface area contributed by atoms with Gasteiger partial charge in [0.25, 0.3) is 0 Å². The minimum Gasteiger partial charge on any atom is -0.463 e. The van der Waals surface area contributed by atoms with Crippen molar-refractivity contribution in [1.29, 1.82) is 0 Å². The van der Waals surface area contributed by atoms with Crippen LogP contribution >= 0.6 is 0 Å². The van der Waals surface area contributed by atoms with E-state index in [0.717, 1.165) is 6.42 Å². The fourth-order valence-electron chi connectivity index (χ4n) is 0.988. The Morgan fingerprint density at radius 3 is 1.89 bits per heavy atom. The maximum Gasteiger partial charge on any atom is 0.350 e. The van der Waals surface area contributed by atoms with E-state index in [2.05, 4.69) is 13.8 Å². The lowest BCUT2D eigenvalue weighted by Gasteiger charge is -2.27. The quantitative estimate of drug-likeness (QED) is 0.711. The summed E-state index contributed by atoms with van der Waals surface area (Å²) in [7, 11) is 0. The van der Waals surface area contributed by atoms with E-state index < -0.39 is 23.0 Å². The summed E-state index contributed by atoms with van der Waals surface area (Å²) in [4.78, 5) is 23.5. The van der Waals surface area contributed by atoms with Crippen molar-refractivity contribution in [3.63, 3.8) is 0 Å². The number of hydrogen-bond donors (Lipinski definition) is 0. The van der Waals surface area contributed by atoms with Gasteiger partial charge in [-0.25, -0.2) is 4.79 Å². The minimum atomic E-state index is -1.23. The number of hydrogen-bond acceptors (Lipinski definition) is 4. The first-order chi connectivity index (χ1) is 7.97. The molecule has 0 saturated carbocycles. The van der Waals surface area contributed by atoms with Crippen molar-refractivity contribution in [3.8, 4) is 0 Å². The highest BCUT2D eigenvalue weighted by Crippen LogP contribution is 2.21. The highest BCUT2D eigenvalue weighted by molar-refractivity contribution is 5.84. The minimum absolute atomic E-state index is 0.354. The Morgan fingerprint density at radius 2 is 1.50 bits per heavy atom. The molecule has 0 aliphatic heterocycles. The molecule has 4 nitrogen and oxygen atoms in total. The van der Waals surface area contributed by atoms with Crippen LogP contribution in [0.2, 0.25) is 0 Å². The zero-order valence-corrected chi connectivity index (χ0v) is 12.6. The lowest BCUT2D eigenvalue weighted by atomic mass is 9.96. The molecule has 0 aromatic heterocycles. The first kappa shape index (κ1) is 16.9. The molecule has 106 valence electrons. The second kappa shape index (κ2) is 6.21. The van der Waals surface area contributed by atoms with Crippen LogP contribution in [0.5, 0.6) is 0 Å². The topological polar surface area (TPSA) is 52.6 Å². The molecule has 0 N–H and O–H groups in total. The van der Waals surface area contributed by atoms with Crippen LogP contribution < -0.4 is 0 Å². The molecule has 4 heteroatoms. The van der Waals surface area contributed by atoms with Crippen molar-refractivity contribution in [1.82, 2.24) is 0 Å². The fraction of sp³-hybridized carbons (Fsp3) is 0.857. The molecule has 0 spiro atoms. The molecule has 0 bridgehead atoms. The molecule has 0 amide bonds. The zero-order valence-electron chi connectivity index (χ0n) is 12.6. The largest absolute Gasteiger partial charge is 0.463 e. The molecule has 0 fully saturated rings. The number of esters is 2. The normalized spacial score (nSPS) is 12.4. The smallest absolute Gasteiger partial charge is 0.350 e. The van der Waals surface area contributed by atoms with Gasteiger partial charge in [-0.3, -0.25) is 4.79 Å². The summed E-state index contributed by atoms with van der Waals surface area (Å²) in [6.07, 6.45) is 0.801. The van der Waals surface area contributed by atoms with Gasteiger partial charge in [0, 0.05) is 0 Å². The molecule has 0 aliphatic rings. The van der Waals surface area contributed by atoms with E-state index in [9.17, 15) is 9.59 Å². The third-order valence-corrected chi connectivity index (χ3v) is 2.38. The predicted molar refractivity (Wildman–Crippen MR) is 70.0 cm³/mol. The first-order valence-electron chi connectivity index (χ1n) is 6.37. The molecule has 0 saturated heterocycles. The maximum absolute atomic E-state index is 11.8. The van der Waals surface area contributed by atoms with Crippen molar-refractivity contribution in [2.75, 3.05) is 6.61 Å². The molecule has 0 rings (SSSR count). The monoisotopic (exact) mass is 258 g/mol. The van der Waals surface area contributed by atoms with E-state index in [1.165, 1.54) is 0 Å². The summed E-state index contributed by atoms with van der Waals surface area (Å²) < 4.78 is 10.3. The Bertz CT molecular complexity index is 297. The van der Waals surface area contributed by atoms with Gasteiger partial charge in [-0.2, -0.15) is 0 Å². The van der Waals surface area contributed by atoms with E-state index >= 15 is 0 Å². The van der Waals surface area contributed by atoms with Gasteiger partial charge in [0.2, 0.25) is 5.60 Å². The Labute approximate surface area is 110 Å². The summed E-state index contributed by atoms with van der Waals surface area (Å²) >= 11 is 0. The lowest BCUT2D eigenvalue weighted by molar-refractivity contribution is -0.184. The zero-order chi connectivity index (χ0) is 14.6. The highest BCUT2D eigenvalue weighted by Gasteiger charge is 2.37. The van der Waals surface area contributed by atoms with Crippen LogP contribution in [0.25, 0.3) is 0 Å². The van der Waals surface area contributed by atoms with Gasteiger partial charge >= 0.3 is 11.9 Å². The van der Waals surface area contributed by atoms with E-state index in [1.807, 2.05) is 0 Å². The fourth-order valence-corrected chi connectivity index (χ4v) is 0.988. The summed E-state index contributed by atoms with van der Waals surface area (Å²) in [5.74, 6) is -0.438. The van der Waals surface area contributed by atoms with E-state index in [-0.39, 0.29) is 0 Å². The van der Waals surface area contributed by atoms with Gasteiger partial charge in [-0.1, -0.05) is 13.8 Å². The van der Waals surface area contributed by atoms with Crippen LogP contribution in [0.1, 0.15) is 54.9 Å². The van der Waals surface area contributed by atoms with E-state index in [0.29, 0.717) is 12.5 Å². The van der Waals surface area contributed by atoms with Gasteiger partial charge < -0.3 is 9.47 Å². The molecule has 0 radical (unpaired) electrons. The summed E-state index contributed by atoms with van der Waals surface area (Å²) in [6, 6.07) is 0. The molecule has 0 aromatic rings. The van der Waals surface area contributed by atoms with Crippen molar-refractivity contribution < 1.29 is 19.1 Å². The summed E-state index contributed by atoms with van der Waals surface area (Å²) in [6.45, 7) is 12.8. The Balaban J connectivity index is 4.36. The standard InChI is InChI=1S/C14H26O4/c1-10(2)8-9-17-12(16)14(6,7)18-11(15)13(3,4)5/h10H,8-9H2,1-7H3. The van der Waals surface area contributed by atoms with Crippen LogP contribution in [-0.4, -0.2) is 24.1 Å². The first-order valence-corrected chi connectivity index (χ1v) is 6.37. The molecule has 0 atom stereocenters. The average molecular weight is 258 g/mol.